The molecule has 20 heavy (non-hydrogen) atoms. The minimum Gasteiger partial charge on any atom is -0.494 e. The Kier molecular flexibility index (Phi) is 4.89. The summed E-state index contributed by atoms with van der Waals surface area (Å²) in [6.45, 7) is 1.96. The van der Waals surface area contributed by atoms with Gasteiger partial charge in [0.15, 0.2) is 11.6 Å². The molecule has 0 heterocycles. The van der Waals surface area contributed by atoms with Gasteiger partial charge >= 0.3 is 0 Å². The normalized spacial score (nSPS) is 12.1. The Morgan fingerprint density at radius 1 is 1.25 bits per heavy atom. The van der Waals surface area contributed by atoms with Gasteiger partial charge in [-0.15, -0.1) is 0 Å². The first kappa shape index (κ1) is 15.1. The van der Waals surface area contributed by atoms with Crippen LogP contribution in [0.5, 0.6) is 5.75 Å². The van der Waals surface area contributed by atoms with Gasteiger partial charge in [-0.1, -0.05) is 17.7 Å². The minimum atomic E-state index is -0.365. The van der Waals surface area contributed by atoms with E-state index in [9.17, 15) is 4.39 Å². The molecule has 0 fully saturated rings. The van der Waals surface area contributed by atoms with Crippen molar-refractivity contribution in [2.24, 2.45) is 0 Å². The average molecular weight is 359 g/mol. The van der Waals surface area contributed by atoms with Crippen LogP contribution in [0.25, 0.3) is 0 Å². The zero-order valence-electron chi connectivity index (χ0n) is 11.1. The fourth-order valence-corrected chi connectivity index (χ4v) is 2.37. The van der Waals surface area contributed by atoms with Crippen molar-refractivity contribution in [3.8, 4) is 5.75 Å². The van der Waals surface area contributed by atoms with Gasteiger partial charge in [-0.25, -0.2) is 4.39 Å². The maximum Gasteiger partial charge on any atom is 0.165 e. The van der Waals surface area contributed by atoms with Gasteiger partial charge in [0.05, 0.1) is 12.1 Å². The molecule has 1 unspecified atom stereocenters. The lowest BCUT2D eigenvalue weighted by atomic mass is 10.1. The standard InChI is InChI=1S/C15H14BrClFNO/c1-9(10-3-6-15(20-2)14(18)7-10)19-11-4-5-13(17)12(16)8-11/h3-9,19H,1-2H3. The number of hydrogen-bond donors (Lipinski definition) is 1. The second kappa shape index (κ2) is 6.46. The molecule has 106 valence electrons. The number of anilines is 1. The smallest absolute Gasteiger partial charge is 0.165 e. The third kappa shape index (κ3) is 3.44. The number of ether oxygens (including phenoxy) is 1. The molecule has 0 bridgehead atoms. The molecule has 0 aliphatic rings. The van der Waals surface area contributed by atoms with E-state index in [1.54, 1.807) is 12.1 Å². The molecule has 0 amide bonds. The maximum absolute atomic E-state index is 13.7. The van der Waals surface area contributed by atoms with E-state index in [0.29, 0.717) is 5.02 Å². The number of nitrogens with one attached hydrogen (secondary N) is 1. The van der Waals surface area contributed by atoms with Crippen LogP contribution < -0.4 is 10.1 Å². The Hall–Kier alpha value is -1.26. The second-order valence-electron chi connectivity index (χ2n) is 4.39. The zero-order chi connectivity index (χ0) is 14.7. The molecule has 5 heteroatoms. The van der Waals surface area contributed by atoms with Crippen LogP contribution in [0, 0.1) is 5.82 Å². The number of rotatable bonds is 4. The van der Waals surface area contributed by atoms with Gasteiger partial charge in [0.2, 0.25) is 0 Å². The van der Waals surface area contributed by atoms with E-state index < -0.39 is 0 Å². The van der Waals surface area contributed by atoms with Crippen LogP contribution in [0.4, 0.5) is 10.1 Å². The Morgan fingerprint density at radius 2 is 2.00 bits per heavy atom. The summed E-state index contributed by atoms with van der Waals surface area (Å²) in [5, 5.41) is 3.95. The number of hydrogen-bond acceptors (Lipinski definition) is 2. The molecule has 0 aliphatic heterocycles. The molecule has 2 aromatic carbocycles. The average Bonchev–Trinajstić information content (AvgIpc) is 2.42. The van der Waals surface area contributed by atoms with Crippen LogP contribution in [-0.4, -0.2) is 7.11 Å². The van der Waals surface area contributed by atoms with E-state index in [2.05, 4.69) is 21.2 Å². The van der Waals surface area contributed by atoms with Gasteiger partial charge in [-0.3, -0.25) is 0 Å². The highest BCUT2D eigenvalue weighted by atomic mass is 79.9. The first-order valence-corrected chi connectivity index (χ1v) is 7.23. The maximum atomic E-state index is 13.7. The van der Waals surface area contributed by atoms with Gasteiger partial charge in [0, 0.05) is 16.2 Å². The van der Waals surface area contributed by atoms with Gasteiger partial charge in [-0.2, -0.15) is 0 Å². The summed E-state index contributed by atoms with van der Waals surface area (Å²) < 4.78 is 19.4. The van der Waals surface area contributed by atoms with Crippen molar-refractivity contribution in [1.82, 2.24) is 0 Å². The molecule has 0 aromatic heterocycles. The summed E-state index contributed by atoms with van der Waals surface area (Å²) in [6.07, 6.45) is 0. The SMILES string of the molecule is COc1ccc(C(C)Nc2ccc(Cl)c(Br)c2)cc1F. The third-order valence-corrected chi connectivity index (χ3v) is 4.19. The molecule has 1 N–H and O–H groups in total. The van der Waals surface area contributed by atoms with E-state index in [1.165, 1.54) is 13.2 Å². The van der Waals surface area contributed by atoms with Crippen molar-refractivity contribution in [2.45, 2.75) is 13.0 Å². The summed E-state index contributed by atoms with van der Waals surface area (Å²) in [5.41, 5.74) is 1.75. The quantitative estimate of drug-likeness (QED) is 0.787. The van der Waals surface area contributed by atoms with Crippen molar-refractivity contribution in [1.29, 1.82) is 0 Å². The number of halogens is 3. The highest BCUT2D eigenvalue weighted by Gasteiger charge is 2.10. The molecular formula is C15H14BrClFNO. The fourth-order valence-electron chi connectivity index (χ4n) is 1.87. The lowest BCUT2D eigenvalue weighted by molar-refractivity contribution is 0.386. The molecule has 0 radical (unpaired) electrons. The summed E-state index contributed by atoms with van der Waals surface area (Å²) in [6, 6.07) is 10.5. The monoisotopic (exact) mass is 357 g/mol. The molecule has 2 rings (SSSR count). The van der Waals surface area contributed by atoms with E-state index in [1.807, 2.05) is 25.1 Å². The molecule has 1 atom stereocenters. The summed E-state index contributed by atoms with van der Waals surface area (Å²) in [4.78, 5) is 0. The minimum absolute atomic E-state index is 0.0384. The van der Waals surface area contributed by atoms with Crippen molar-refractivity contribution < 1.29 is 9.13 Å². The second-order valence-corrected chi connectivity index (χ2v) is 5.65. The number of benzene rings is 2. The van der Waals surface area contributed by atoms with Crippen LogP contribution in [0.1, 0.15) is 18.5 Å². The lowest BCUT2D eigenvalue weighted by Gasteiger charge is -2.17. The van der Waals surface area contributed by atoms with Crippen LogP contribution >= 0.6 is 27.5 Å². The fraction of sp³-hybridized carbons (Fsp3) is 0.200. The van der Waals surface area contributed by atoms with Crippen LogP contribution in [0.2, 0.25) is 5.02 Å². The first-order valence-electron chi connectivity index (χ1n) is 6.06. The van der Waals surface area contributed by atoms with Crippen molar-refractivity contribution in [2.75, 3.05) is 12.4 Å². The highest BCUT2D eigenvalue weighted by Crippen LogP contribution is 2.28. The summed E-state index contributed by atoms with van der Waals surface area (Å²) in [7, 11) is 1.45. The highest BCUT2D eigenvalue weighted by molar-refractivity contribution is 9.10. The summed E-state index contributed by atoms with van der Waals surface area (Å²) >= 11 is 9.32. The topological polar surface area (TPSA) is 21.3 Å². The molecular weight excluding hydrogens is 345 g/mol. The molecule has 0 spiro atoms. The molecule has 2 nitrogen and oxygen atoms in total. The van der Waals surface area contributed by atoms with Gasteiger partial charge < -0.3 is 10.1 Å². The van der Waals surface area contributed by atoms with Crippen molar-refractivity contribution in [3.63, 3.8) is 0 Å². The Balaban J connectivity index is 2.17. The largest absolute Gasteiger partial charge is 0.494 e. The Bertz CT molecular complexity index is 621. The van der Waals surface area contributed by atoms with Crippen LogP contribution in [0.3, 0.4) is 0 Å². The Morgan fingerprint density at radius 3 is 2.60 bits per heavy atom. The molecule has 2 aromatic rings. The van der Waals surface area contributed by atoms with Gasteiger partial charge in [0.1, 0.15) is 0 Å². The predicted octanol–water partition coefficient (Wildman–Crippen LogP) is 5.42. The van der Waals surface area contributed by atoms with E-state index in [-0.39, 0.29) is 17.6 Å². The lowest BCUT2D eigenvalue weighted by Crippen LogP contribution is -2.07. The van der Waals surface area contributed by atoms with Crippen LogP contribution in [-0.2, 0) is 0 Å². The van der Waals surface area contributed by atoms with Gasteiger partial charge in [-0.05, 0) is 58.7 Å². The van der Waals surface area contributed by atoms with Crippen molar-refractivity contribution in [3.05, 3.63) is 57.3 Å². The predicted molar refractivity (Wildman–Crippen MR) is 84.1 cm³/mol. The zero-order valence-corrected chi connectivity index (χ0v) is 13.4. The third-order valence-electron chi connectivity index (χ3n) is 2.98. The molecule has 0 aliphatic carbocycles. The Labute approximate surface area is 131 Å². The first-order chi connectivity index (χ1) is 9.51. The summed E-state index contributed by atoms with van der Waals surface area (Å²) in [5.74, 6) is -0.119. The van der Waals surface area contributed by atoms with E-state index in [4.69, 9.17) is 16.3 Å². The van der Waals surface area contributed by atoms with E-state index in [0.717, 1.165) is 15.7 Å². The van der Waals surface area contributed by atoms with E-state index >= 15 is 0 Å². The van der Waals surface area contributed by atoms with Crippen LogP contribution in [0.15, 0.2) is 40.9 Å². The molecule has 0 saturated heterocycles. The molecule has 0 saturated carbocycles. The van der Waals surface area contributed by atoms with Crippen molar-refractivity contribution >= 4 is 33.2 Å². The van der Waals surface area contributed by atoms with Gasteiger partial charge in [0.25, 0.3) is 0 Å². The number of methoxy groups -OCH3 is 1.